The van der Waals surface area contributed by atoms with E-state index in [1.165, 1.54) is 25.1 Å². The fraction of sp³-hybridized carbons (Fsp3) is 0.150. The number of nitrogens with zero attached hydrogens (tertiary/aromatic N) is 4. The molecule has 0 saturated carbocycles. The molecule has 0 amide bonds. The number of ether oxygens (including phenoxy) is 2. The van der Waals surface area contributed by atoms with Crippen LogP contribution >= 0.6 is 0 Å². The molecule has 0 atom stereocenters. The smallest absolute Gasteiger partial charge is 0.295 e. The van der Waals surface area contributed by atoms with Crippen molar-refractivity contribution >= 4 is 22.3 Å². The lowest BCUT2D eigenvalue weighted by Gasteiger charge is -2.09. The molecule has 0 radical (unpaired) electrons. The number of carbonyl (C=O) groups is 1. The van der Waals surface area contributed by atoms with Gasteiger partial charge in [-0.1, -0.05) is 12.1 Å². The third-order valence-electron chi connectivity index (χ3n) is 4.38. The van der Waals surface area contributed by atoms with Gasteiger partial charge in [0.2, 0.25) is 0 Å². The molecule has 0 saturated heterocycles. The number of Topliss-reactive ketones (excluding diaryl/α,β-unsaturated/α-hetero) is 1. The highest BCUT2D eigenvalue weighted by Gasteiger charge is 2.16. The number of hydrogen-bond acceptors (Lipinski definition) is 7. The van der Waals surface area contributed by atoms with Gasteiger partial charge in [-0.25, -0.2) is 9.50 Å². The Morgan fingerprint density at radius 1 is 1.07 bits per heavy atom. The van der Waals surface area contributed by atoms with Crippen LogP contribution < -0.4 is 15.0 Å². The molecule has 8 heteroatoms. The standard InChI is InChI=1S/C20H16N4O4/c1-27-17-8-7-12(9-18(17)28-2)16(25)10-15-20(26)22-19-13-5-3-4-6-14(13)21-11-24(19)23-15/h3-9,11H,10H2,1-2H3. The summed E-state index contributed by atoms with van der Waals surface area (Å²) in [6.07, 6.45) is 1.30. The van der Waals surface area contributed by atoms with Gasteiger partial charge in [-0.2, -0.15) is 10.1 Å². The second kappa shape index (κ2) is 7.07. The maximum Gasteiger partial charge on any atom is 0.295 e. The molecule has 0 bridgehead atoms. The highest BCUT2D eigenvalue weighted by atomic mass is 16.5. The summed E-state index contributed by atoms with van der Waals surface area (Å²) in [5, 5.41) is 4.98. The number of methoxy groups -OCH3 is 2. The molecule has 2 heterocycles. The molecule has 2 aromatic carbocycles. The van der Waals surface area contributed by atoms with Crippen LogP contribution in [0.3, 0.4) is 0 Å². The second-order valence-corrected chi connectivity index (χ2v) is 6.06. The van der Waals surface area contributed by atoms with Crippen molar-refractivity contribution in [3.05, 3.63) is 70.4 Å². The maximum atomic E-state index is 12.7. The average Bonchev–Trinajstić information content (AvgIpc) is 2.73. The highest BCUT2D eigenvalue weighted by Crippen LogP contribution is 2.28. The Morgan fingerprint density at radius 3 is 2.64 bits per heavy atom. The number of para-hydroxylation sites is 1. The Kier molecular flexibility index (Phi) is 4.44. The van der Waals surface area contributed by atoms with E-state index in [1.807, 2.05) is 24.3 Å². The Morgan fingerprint density at radius 2 is 1.86 bits per heavy atom. The zero-order valence-electron chi connectivity index (χ0n) is 15.2. The minimum absolute atomic E-state index is 0.0503. The minimum Gasteiger partial charge on any atom is -0.493 e. The molecule has 0 aliphatic carbocycles. The average molecular weight is 376 g/mol. The summed E-state index contributed by atoms with van der Waals surface area (Å²) < 4.78 is 11.8. The minimum atomic E-state index is -0.537. The quantitative estimate of drug-likeness (QED) is 0.389. The Balaban J connectivity index is 1.72. The summed E-state index contributed by atoms with van der Waals surface area (Å²) >= 11 is 0. The molecule has 140 valence electrons. The van der Waals surface area contributed by atoms with Crippen LogP contribution in [0.1, 0.15) is 16.1 Å². The first-order valence-electron chi connectivity index (χ1n) is 8.49. The van der Waals surface area contributed by atoms with Gasteiger partial charge < -0.3 is 9.47 Å². The summed E-state index contributed by atoms with van der Waals surface area (Å²) in [4.78, 5) is 33.5. The van der Waals surface area contributed by atoms with E-state index in [2.05, 4.69) is 15.1 Å². The molecule has 28 heavy (non-hydrogen) atoms. The fourth-order valence-electron chi connectivity index (χ4n) is 2.96. The van der Waals surface area contributed by atoms with Crippen molar-refractivity contribution in [3.63, 3.8) is 0 Å². The molecular weight excluding hydrogens is 360 g/mol. The number of carbonyl (C=O) groups excluding carboxylic acids is 1. The largest absolute Gasteiger partial charge is 0.493 e. The van der Waals surface area contributed by atoms with Crippen molar-refractivity contribution in [1.29, 1.82) is 0 Å². The van der Waals surface area contributed by atoms with Gasteiger partial charge in [-0.15, -0.1) is 0 Å². The highest BCUT2D eigenvalue weighted by molar-refractivity contribution is 5.98. The van der Waals surface area contributed by atoms with Crippen molar-refractivity contribution in [3.8, 4) is 11.5 Å². The molecule has 2 aromatic heterocycles. The van der Waals surface area contributed by atoms with Crippen molar-refractivity contribution in [2.75, 3.05) is 14.2 Å². The predicted octanol–water partition coefficient (Wildman–Crippen LogP) is 2.08. The van der Waals surface area contributed by atoms with Crippen LogP contribution in [-0.2, 0) is 6.42 Å². The van der Waals surface area contributed by atoms with Gasteiger partial charge in [-0.3, -0.25) is 9.59 Å². The zero-order valence-corrected chi connectivity index (χ0v) is 15.2. The number of rotatable bonds is 5. The first-order chi connectivity index (χ1) is 13.6. The van der Waals surface area contributed by atoms with Crippen LogP contribution in [0.4, 0.5) is 0 Å². The van der Waals surface area contributed by atoms with E-state index in [0.29, 0.717) is 33.6 Å². The molecule has 8 nitrogen and oxygen atoms in total. The Bertz CT molecular complexity index is 1270. The number of benzene rings is 2. The number of hydrogen-bond donors (Lipinski definition) is 0. The van der Waals surface area contributed by atoms with Gasteiger partial charge in [0.15, 0.2) is 22.9 Å². The van der Waals surface area contributed by atoms with E-state index in [0.717, 1.165) is 0 Å². The van der Waals surface area contributed by atoms with Gasteiger partial charge in [0.05, 0.1) is 26.2 Å². The third-order valence-corrected chi connectivity index (χ3v) is 4.38. The third kappa shape index (κ3) is 3.05. The van der Waals surface area contributed by atoms with Gasteiger partial charge in [0, 0.05) is 10.9 Å². The van der Waals surface area contributed by atoms with E-state index in [9.17, 15) is 9.59 Å². The van der Waals surface area contributed by atoms with Gasteiger partial charge in [0.1, 0.15) is 12.0 Å². The first kappa shape index (κ1) is 17.6. The monoisotopic (exact) mass is 376 g/mol. The Labute approximate surface area is 159 Å². The van der Waals surface area contributed by atoms with E-state index < -0.39 is 5.56 Å². The van der Waals surface area contributed by atoms with E-state index in [4.69, 9.17) is 9.47 Å². The van der Waals surface area contributed by atoms with Crippen LogP contribution in [0.25, 0.3) is 16.6 Å². The van der Waals surface area contributed by atoms with Crippen LogP contribution in [0.15, 0.2) is 53.6 Å². The van der Waals surface area contributed by atoms with Gasteiger partial charge in [-0.05, 0) is 30.3 Å². The molecule has 0 spiro atoms. The van der Waals surface area contributed by atoms with Gasteiger partial charge >= 0.3 is 0 Å². The maximum absolute atomic E-state index is 12.7. The van der Waals surface area contributed by atoms with Crippen LogP contribution in [-0.4, -0.2) is 39.6 Å². The molecule has 0 N–H and O–H groups in total. The summed E-state index contributed by atoms with van der Waals surface area (Å²) in [7, 11) is 3.01. The lowest BCUT2D eigenvalue weighted by atomic mass is 10.1. The molecule has 0 unspecified atom stereocenters. The SMILES string of the molecule is COc1ccc(C(=O)Cc2nn3cnc4ccccc4c3nc2=O)cc1OC. The van der Waals surface area contributed by atoms with E-state index >= 15 is 0 Å². The first-order valence-corrected chi connectivity index (χ1v) is 8.49. The van der Waals surface area contributed by atoms with Crippen LogP contribution in [0.5, 0.6) is 11.5 Å². The summed E-state index contributed by atoms with van der Waals surface area (Å²) in [5.74, 6) is 0.675. The summed E-state index contributed by atoms with van der Waals surface area (Å²) in [6.45, 7) is 0. The van der Waals surface area contributed by atoms with Crippen molar-refractivity contribution in [1.82, 2.24) is 19.6 Å². The Hall–Kier alpha value is -3.81. The normalized spacial score (nSPS) is 10.9. The second-order valence-electron chi connectivity index (χ2n) is 6.06. The topological polar surface area (TPSA) is 95.7 Å². The van der Waals surface area contributed by atoms with Crippen molar-refractivity contribution in [2.45, 2.75) is 6.42 Å². The summed E-state index contributed by atoms with van der Waals surface area (Å²) in [5.41, 5.74) is 1.02. The molecule has 0 fully saturated rings. The number of aromatic nitrogens is 4. The van der Waals surface area contributed by atoms with Crippen LogP contribution in [0.2, 0.25) is 0 Å². The van der Waals surface area contributed by atoms with Gasteiger partial charge in [0.25, 0.3) is 5.56 Å². The molecular formula is C20H16N4O4. The molecule has 0 aliphatic heterocycles. The lowest BCUT2D eigenvalue weighted by molar-refractivity contribution is 0.0990. The number of ketones is 1. The molecule has 4 aromatic rings. The van der Waals surface area contributed by atoms with E-state index in [1.54, 1.807) is 18.2 Å². The van der Waals surface area contributed by atoms with Crippen molar-refractivity contribution in [2.24, 2.45) is 0 Å². The number of fused-ring (bicyclic) bond motifs is 3. The van der Waals surface area contributed by atoms with Crippen molar-refractivity contribution < 1.29 is 14.3 Å². The molecule has 4 rings (SSSR count). The van der Waals surface area contributed by atoms with E-state index in [-0.39, 0.29) is 17.9 Å². The zero-order chi connectivity index (χ0) is 19.7. The summed E-state index contributed by atoms with van der Waals surface area (Å²) in [6, 6.07) is 12.2. The fourth-order valence-corrected chi connectivity index (χ4v) is 2.96. The van der Waals surface area contributed by atoms with Crippen LogP contribution in [0, 0.1) is 0 Å². The predicted molar refractivity (Wildman–Crippen MR) is 102 cm³/mol. The molecule has 0 aliphatic rings. The lowest BCUT2D eigenvalue weighted by Crippen LogP contribution is -2.22.